The zero-order valence-corrected chi connectivity index (χ0v) is 9.30. The molecule has 1 aliphatic heterocycles. The molecule has 1 nitrogen and oxygen atoms in total. The quantitative estimate of drug-likeness (QED) is 0.661. The fourth-order valence-corrected chi connectivity index (χ4v) is 1.95. The van der Waals surface area contributed by atoms with Gasteiger partial charge in [-0.1, -0.05) is 50.1 Å². The second kappa shape index (κ2) is 3.23. The van der Waals surface area contributed by atoms with Crippen molar-refractivity contribution in [1.82, 2.24) is 0 Å². The maximum atomic E-state index is 5.37. The summed E-state index contributed by atoms with van der Waals surface area (Å²) in [5.41, 5.74) is 1.16. The number of hydrogen-bond donors (Lipinski definition) is 0. The van der Waals surface area contributed by atoms with Gasteiger partial charge < -0.3 is 4.74 Å². The summed E-state index contributed by atoms with van der Waals surface area (Å²) >= 11 is 6.97. The number of hydrogen-bond acceptors (Lipinski definition) is 1. The lowest BCUT2D eigenvalue weighted by Crippen LogP contribution is -2.01. The number of rotatable bonds is 0. The van der Waals surface area contributed by atoms with Crippen LogP contribution in [-0.2, 0) is 0 Å². The number of alkyl halides is 1. The summed E-state index contributed by atoms with van der Waals surface area (Å²) < 4.78 is 6.38. The second-order valence-corrected chi connectivity index (χ2v) is 4.35. The second-order valence-electron chi connectivity index (χ2n) is 2.52. The lowest BCUT2D eigenvalue weighted by atomic mass is 10.1. The van der Waals surface area contributed by atoms with Gasteiger partial charge in [0.05, 0.1) is 4.83 Å². The normalized spacial score (nSPS) is 20.8. The molecule has 0 spiro atoms. The Morgan fingerprint density at radius 2 is 2.00 bits per heavy atom. The van der Waals surface area contributed by atoms with E-state index in [0.29, 0.717) is 0 Å². The van der Waals surface area contributed by atoms with Crippen LogP contribution in [0, 0.1) is 0 Å². The molecule has 0 saturated heterocycles. The van der Waals surface area contributed by atoms with Crippen LogP contribution in [0.1, 0.15) is 10.4 Å². The van der Waals surface area contributed by atoms with E-state index in [-0.39, 0.29) is 4.83 Å². The number of halogens is 2. The molecule has 1 aromatic carbocycles. The third kappa shape index (κ3) is 1.31. The summed E-state index contributed by atoms with van der Waals surface area (Å²) in [5.74, 6) is 0.919. The zero-order valence-electron chi connectivity index (χ0n) is 6.13. The first-order valence-corrected chi connectivity index (χ1v) is 5.25. The van der Waals surface area contributed by atoms with Crippen molar-refractivity contribution in [3.63, 3.8) is 0 Å². The Morgan fingerprint density at radius 1 is 1.25 bits per heavy atom. The van der Waals surface area contributed by atoms with Gasteiger partial charge >= 0.3 is 0 Å². The predicted molar refractivity (Wildman–Crippen MR) is 55.7 cm³/mol. The summed E-state index contributed by atoms with van der Waals surface area (Å²) in [5, 5.41) is 0. The van der Waals surface area contributed by atoms with Gasteiger partial charge in [0, 0.05) is 10.0 Å². The standard InChI is InChI=1S/C9H6Br2O/c10-7-5-12-8-4-2-1-3-6(8)9(7)11/h1-5,9H. The van der Waals surface area contributed by atoms with Crippen molar-refractivity contribution in [2.75, 3.05) is 0 Å². The molecular weight excluding hydrogens is 284 g/mol. The lowest BCUT2D eigenvalue weighted by molar-refractivity contribution is 0.463. The Hall–Kier alpha value is -0.280. The fourth-order valence-electron chi connectivity index (χ4n) is 1.13. The van der Waals surface area contributed by atoms with Crippen LogP contribution in [0.25, 0.3) is 0 Å². The summed E-state index contributed by atoms with van der Waals surface area (Å²) in [7, 11) is 0. The maximum Gasteiger partial charge on any atom is 0.131 e. The molecule has 0 radical (unpaired) electrons. The third-order valence-corrected chi connectivity index (χ3v) is 3.98. The van der Waals surface area contributed by atoms with E-state index in [0.717, 1.165) is 15.8 Å². The van der Waals surface area contributed by atoms with Crippen molar-refractivity contribution in [1.29, 1.82) is 0 Å². The van der Waals surface area contributed by atoms with Gasteiger partial charge in [0.15, 0.2) is 0 Å². The molecule has 0 aliphatic carbocycles. The van der Waals surface area contributed by atoms with Crippen LogP contribution in [0.3, 0.4) is 0 Å². The molecule has 1 atom stereocenters. The van der Waals surface area contributed by atoms with Gasteiger partial charge in [0.1, 0.15) is 12.0 Å². The molecule has 62 valence electrons. The topological polar surface area (TPSA) is 9.23 Å². The Kier molecular flexibility index (Phi) is 2.24. The SMILES string of the molecule is BrC1=COc2ccccc2C1Br. The Bertz CT molecular complexity index is 333. The van der Waals surface area contributed by atoms with Crippen LogP contribution in [0.5, 0.6) is 5.75 Å². The smallest absolute Gasteiger partial charge is 0.131 e. The predicted octanol–water partition coefficient (Wildman–Crippen LogP) is 3.75. The lowest BCUT2D eigenvalue weighted by Gasteiger charge is -2.18. The first-order chi connectivity index (χ1) is 5.79. The highest BCUT2D eigenvalue weighted by Crippen LogP contribution is 2.42. The number of para-hydroxylation sites is 1. The third-order valence-electron chi connectivity index (χ3n) is 1.73. The highest BCUT2D eigenvalue weighted by atomic mass is 79.9. The van der Waals surface area contributed by atoms with E-state index in [2.05, 4.69) is 31.9 Å². The van der Waals surface area contributed by atoms with Gasteiger partial charge in [-0.3, -0.25) is 0 Å². The Labute approximate surface area is 87.7 Å². The molecule has 12 heavy (non-hydrogen) atoms. The zero-order chi connectivity index (χ0) is 8.55. The van der Waals surface area contributed by atoms with E-state index in [4.69, 9.17) is 4.74 Å². The molecule has 1 heterocycles. The van der Waals surface area contributed by atoms with Crippen molar-refractivity contribution < 1.29 is 4.74 Å². The summed E-state index contributed by atoms with van der Waals surface area (Å²) in [6.45, 7) is 0. The first kappa shape index (κ1) is 8.32. The molecule has 1 unspecified atom stereocenters. The van der Waals surface area contributed by atoms with E-state index in [9.17, 15) is 0 Å². The molecule has 3 heteroatoms. The highest BCUT2D eigenvalue weighted by Gasteiger charge is 2.19. The van der Waals surface area contributed by atoms with Gasteiger partial charge in [-0.15, -0.1) is 0 Å². The van der Waals surface area contributed by atoms with Crippen LogP contribution in [0.15, 0.2) is 35.0 Å². The Morgan fingerprint density at radius 3 is 2.83 bits per heavy atom. The van der Waals surface area contributed by atoms with Gasteiger partial charge in [-0.05, 0) is 6.07 Å². The van der Waals surface area contributed by atoms with E-state index in [1.165, 1.54) is 0 Å². The minimum absolute atomic E-state index is 0.224. The van der Waals surface area contributed by atoms with Crippen LogP contribution in [0.2, 0.25) is 0 Å². The van der Waals surface area contributed by atoms with Gasteiger partial charge in [-0.2, -0.15) is 0 Å². The number of benzene rings is 1. The molecule has 2 rings (SSSR count). The average molecular weight is 290 g/mol. The van der Waals surface area contributed by atoms with E-state index >= 15 is 0 Å². The summed E-state index contributed by atoms with van der Waals surface area (Å²) in [6, 6.07) is 7.97. The minimum atomic E-state index is 0.224. The molecule has 0 aromatic heterocycles. The minimum Gasteiger partial charge on any atom is -0.464 e. The monoisotopic (exact) mass is 288 g/mol. The maximum absolute atomic E-state index is 5.37. The van der Waals surface area contributed by atoms with Crippen LogP contribution < -0.4 is 4.74 Å². The van der Waals surface area contributed by atoms with Gasteiger partial charge in [0.25, 0.3) is 0 Å². The van der Waals surface area contributed by atoms with E-state index < -0.39 is 0 Å². The van der Waals surface area contributed by atoms with Gasteiger partial charge in [0.2, 0.25) is 0 Å². The molecule has 1 aliphatic rings. The highest BCUT2D eigenvalue weighted by molar-refractivity contribution is 9.13. The number of allylic oxidation sites excluding steroid dienone is 1. The van der Waals surface area contributed by atoms with Crippen molar-refractivity contribution in [2.24, 2.45) is 0 Å². The largest absolute Gasteiger partial charge is 0.464 e. The van der Waals surface area contributed by atoms with E-state index in [1.54, 1.807) is 6.26 Å². The molecule has 1 aromatic rings. The van der Waals surface area contributed by atoms with Crippen LogP contribution in [-0.4, -0.2) is 0 Å². The van der Waals surface area contributed by atoms with Crippen LogP contribution in [0.4, 0.5) is 0 Å². The van der Waals surface area contributed by atoms with Crippen molar-refractivity contribution in [3.8, 4) is 5.75 Å². The number of fused-ring (bicyclic) bond motifs is 1. The fraction of sp³-hybridized carbons (Fsp3) is 0.111. The molecule has 0 saturated carbocycles. The Balaban J connectivity index is 2.49. The average Bonchev–Trinajstić information content (AvgIpc) is 2.12. The van der Waals surface area contributed by atoms with Gasteiger partial charge in [-0.25, -0.2) is 0 Å². The van der Waals surface area contributed by atoms with Crippen molar-refractivity contribution in [3.05, 3.63) is 40.6 Å². The molecule has 0 fully saturated rings. The molecule has 0 amide bonds. The number of ether oxygens (including phenoxy) is 1. The molecular formula is C9H6Br2O. The first-order valence-electron chi connectivity index (χ1n) is 3.54. The van der Waals surface area contributed by atoms with E-state index in [1.807, 2.05) is 24.3 Å². The summed E-state index contributed by atoms with van der Waals surface area (Å²) in [4.78, 5) is 0.224. The van der Waals surface area contributed by atoms with Crippen molar-refractivity contribution in [2.45, 2.75) is 4.83 Å². The van der Waals surface area contributed by atoms with Crippen molar-refractivity contribution >= 4 is 31.9 Å². The molecule has 0 N–H and O–H groups in total. The summed E-state index contributed by atoms with van der Waals surface area (Å²) in [6.07, 6.45) is 1.71. The molecule has 0 bridgehead atoms. The van der Waals surface area contributed by atoms with Crippen LogP contribution >= 0.6 is 31.9 Å².